The van der Waals surface area contributed by atoms with Crippen LogP contribution < -0.4 is 5.73 Å². The third-order valence-corrected chi connectivity index (χ3v) is 3.76. The van der Waals surface area contributed by atoms with Crippen LogP contribution in [0.25, 0.3) is 10.6 Å². The van der Waals surface area contributed by atoms with Gasteiger partial charge in [-0.3, -0.25) is 0 Å². The molecule has 3 nitrogen and oxygen atoms in total. The van der Waals surface area contributed by atoms with E-state index < -0.39 is 5.82 Å². The van der Waals surface area contributed by atoms with Crippen LogP contribution in [0.15, 0.2) is 18.2 Å². The molecule has 0 spiro atoms. The lowest BCUT2D eigenvalue weighted by atomic mass is 10.2. The van der Waals surface area contributed by atoms with Crippen molar-refractivity contribution in [3.8, 4) is 10.6 Å². The molecule has 1 aromatic carbocycles. The zero-order valence-corrected chi connectivity index (χ0v) is 10.7. The summed E-state index contributed by atoms with van der Waals surface area (Å²) in [5, 5.41) is 9.62. The zero-order valence-electron chi connectivity index (χ0n) is 9.15. The van der Waals surface area contributed by atoms with Crippen LogP contribution in [-0.2, 0) is 0 Å². The van der Waals surface area contributed by atoms with Crippen LogP contribution in [0.4, 0.5) is 4.39 Å². The highest BCUT2D eigenvalue weighted by Gasteiger charge is 2.12. The minimum absolute atomic E-state index is 0.0824. The van der Waals surface area contributed by atoms with Gasteiger partial charge in [0, 0.05) is 5.56 Å². The first-order chi connectivity index (χ1) is 8.11. The summed E-state index contributed by atoms with van der Waals surface area (Å²) in [7, 11) is 0. The summed E-state index contributed by atoms with van der Waals surface area (Å²) in [4.78, 5) is 0. The van der Waals surface area contributed by atoms with Crippen LogP contribution >= 0.6 is 22.9 Å². The van der Waals surface area contributed by atoms with E-state index in [0.29, 0.717) is 5.01 Å². The fourth-order valence-electron chi connectivity index (χ4n) is 1.30. The number of aromatic nitrogens is 2. The first-order valence-electron chi connectivity index (χ1n) is 5.16. The SMILES string of the molecule is CCC(N)c1nnc(-c2ccc(F)c(Cl)c2)s1. The van der Waals surface area contributed by atoms with E-state index in [2.05, 4.69) is 10.2 Å². The normalized spacial score (nSPS) is 12.7. The second kappa shape index (κ2) is 5.08. The Hall–Kier alpha value is -1.04. The van der Waals surface area contributed by atoms with Gasteiger partial charge in [-0.15, -0.1) is 10.2 Å². The largest absolute Gasteiger partial charge is 0.322 e. The van der Waals surface area contributed by atoms with Gasteiger partial charge in [0.1, 0.15) is 15.8 Å². The number of benzene rings is 1. The summed E-state index contributed by atoms with van der Waals surface area (Å²) in [5.41, 5.74) is 6.61. The molecule has 0 aliphatic heterocycles. The molecule has 1 aromatic heterocycles. The van der Waals surface area contributed by atoms with Gasteiger partial charge in [0.05, 0.1) is 11.1 Å². The molecule has 90 valence electrons. The molecule has 2 rings (SSSR count). The van der Waals surface area contributed by atoms with Crippen molar-refractivity contribution in [2.75, 3.05) is 0 Å². The van der Waals surface area contributed by atoms with E-state index in [0.717, 1.165) is 17.0 Å². The Morgan fingerprint density at radius 1 is 1.47 bits per heavy atom. The fraction of sp³-hybridized carbons (Fsp3) is 0.273. The zero-order chi connectivity index (χ0) is 12.4. The van der Waals surface area contributed by atoms with Crippen molar-refractivity contribution >= 4 is 22.9 Å². The average Bonchev–Trinajstić information content (AvgIpc) is 2.81. The molecule has 1 heterocycles. The molecule has 1 atom stereocenters. The van der Waals surface area contributed by atoms with E-state index in [1.807, 2.05) is 6.92 Å². The second-order valence-corrected chi connectivity index (χ2v) is 5.01. The van der Waals surface area contributed by atoms with Crippen molar-refractivity contribution in [3.05, 3.63) is 34.0 Å². The second-order valence-electron chi connectivity index (χ2n) is 3.59. The van der Waals surface area contributed by atoms with Crippen molar-refractivity contribution in [1.82, 2.24) is 10.2 Å². The van der Waals surface area contributed by atoms with Crippen molar-refractivity contribution in [1.29, 1.82) is 0 Å². The minimum Gasteiger partial charge on any atom is -0.322 e. The Bertz CT molecular complexity index is 529. The average molecular weight is 272 g/mol. The molecule has 1 unspecified atom stereocenters. The molecule has 2 aromatic rings. The molecule has 0 saturated carbocycles. The van der Waals surface area contributed by atoms with Crippen LogP contribution in [0.3, 0.4) is 0 Å². The quantitative estimate of drug-likeness (QED) is 0.931. The number of hydrogen-bond donors (Lipinski definition) is 1. The van der Waals surface area contributed by atoms with Gasteiger partial charge >= 0.3 is 0 Å². The van der Waals surface area contributed by atoms with Gasteiger partial charge in [-0.1, -0.05) is 29.9 Å². The van der Waals surface area contributed by atoms with E-state index in [9.17, 15) is 4.39 Å². The lowest BCUT2D eigenvalue weighted by Crippen LogP contribution is -2.07. The molecule has 2 N–H and O–H groups in total. The summed E-state index contributed by atoms with van der Waals surface area (Å²) in [6, 6.07) is 4.39. The molecular weight excluding hydrogens is 261 g/mol. The van der Waals surface area contributed by atoms with Crippen molar-refractivity contribution in [2.24, 2.45) is 5.73 Å². The number of nitrogens with zero attached hydrogens (tertiary/aromatic N) is 2. The van der Waals surface area contributed by atoms with Gasteiger partial charge in [-0.05, 0) is 24.6 Å². The maximum absolute atomic E-state index is 13.0. The van der Waals surface area contributed by atoms with E-state index >= 15 is 0 Å². The van der Waals surface area contributed by atoms with Gasteiger partial charge in [0.2, 0.25) is 0 Å². The van der Waals surface area contributed by atoms with Crippen LogP contribution in [0.2, 0.25) is 5.02 Å². The molecule has 0 aliphatic rings. The Balaban J connectivity index is 2.33. The first kappa shape index (κ1) is 12.4. The van der Waals surface area contributed by atoms with Crippen LogP contribution in [-0.4, -0.2) is 10.2 Å². The van der Waals surface area contributed by atoms with Crippen LogP contribution in [0, 0.1) is 5.82 Å². The summed E-state index contributed by atoms with van der Waals surface area (Å²) >= 11 is 7.12. The van der Waals surface area contributed by atoms with Gasteiger partial charge in [0.25, 0.3) is 0 Å². The summed E-state index contributed by atoms with van der Waals surface area (Å²) in [5.74, 6) is -0.439. The number of halogens is 2. The number of hydrogen-bond acceptors (Lipinski definition) is 4. The van der Waals surface area contributed by atoms with E-state index in [-0.39, 0.29) is 11.1 Å². The lowest BCUT2D eigenvalue weighted by Gasteiger charge is -2.01. The van der Waals surface area contributed by atoms with Crippen molar-refractivity contribution in [2.45, 2.75) is 19.4 Å². The van der Waals surface area contributed by atoms with Gasteiger partial charge < -0.3 is 5.73 Å². The third kappa shape index (κ3) is 2.62. The highest BCUT2D eigenvalue weighted by atomic mass is 35.5. The van der Waals surface area contributed by atoms with Gasteiger partial charge in [0.15, 0.2) is 0 Å². The number of rotatable bonds is 3. The predicted octanol–water partition coefficient (Wildman–Crippen LogP) is 3.41. The summed E-state index contributed by atoms with van der Waals surface area (Å²) in [6.45, 7) is 1.99. The monoisotopic (exact) mass is 271 g/mol. The van der Waals surface area contributed by atoms with Crippen LogP contribution in [0.5, 0.6) is 0 Å². The Morgan fingerprint density at radius 3 is 2.88 bits per heavy atom. The maximum atomic E-state index is 13.0. The molecule has 17 heavy (non-hydrogen) atoms. The molecule has 6 heteroatoms. The van der Waals surface area contributed by atoms with E-state index in [1.54, 1.807) is 12.1 Å². The number of nitrogens with two attached hydrogens (primary N) is 1. The Kier molecular flexibility index (Phi) is 3.71. The van der Waals surface area contributed by atoms with E-state index in [4.69, 9.17) is 17.3 Å². The first-order valence-corrected chi connectivity index (χ1v) is 6.35. The van der Waals surface area contributed by atoms with Gasteiger partial charge in [-0.25, -0.2) is 4.39 Å². The molecule has 0 amide bonds. The molecule has 0 fully saturated rings. The summed E-state index contributed by atoms with van der Waals surface area (Å²) in [6.07, 6.45) is 0.804. The highest BCUT2D eigenvalue weighted by Crippen LogP contribution is 2.29. The molecular formula is C11H11ClFN3S. The van der Waals surface area contributed by atoms with Crippen LogP contribution in [0.1, 0.15) is 24.4 Å². The minimum atomic E-state index is -0.439. The van der Waals surface area contributed by atoms with Crippen molar-refractivity contribution in [3.63, 3.8) is 0 Å². The van der Waals surface area contributed by atoms with Crippen molar-refractivity contribution < 1.29 is 4.39 Å². The maximum Gasteiger partial charge on any atom is 0.147 e. The predicted molar refractivity (Wildman–Crippen MR) is 67.5 cm³/mol. The lowest BCUT2D eigenvalue weighted by molar-refractivity contribution is 0.628. The molecule has 0 saturated heterocycles. The standard InChI is InChI=1S/C11H11ClFN3S/c1-2-9(14)11-16-15-10(17-11)6-3-4-8(13)7(12)5-6/h3-5,9H,2,14H2,1H3. The topological polar surface area (TPSA) is 51.8 Å². The third-order valence-electron chi connectivity index (χ3n) is 2.36. The van der Waals surface area contributed by atoms with E-state index in [1.165, 1.54) is 17.4 Å². The molecule has 0 radical (unpaired) electrons. The smallest absolute Gasteiger partial charge is 0.147 e. The Labute approximate surface area is 107 Å². The molecule has 0 bridgehead atoms. The summed E-state index contributed by atoms with van der Waals surface area (Å²) < 4.78 is 13.0. The Morgan fingerprint density at radius 2 is 2.24 bits per heavy atom. The molecule has 0 aliphatic carbocycles. The highest BCUT2D eigenvalue weighted by molar-refractivity contribution is 7.14. The fourth-order valence-corrected chi connectivity index (χ4v) is 2.41. The van der Waals surface area contributed by atoms with Gasteiger partial charge in [-0.2, -0.15) is 0 Å².